The van der Waals surface area contributed by atoms with Gasteiger partial charge in [-0.3, -0.25) is 9.36 Å². The van der Waals surface area contributed by atoms with E-state index < -0.39 is 12.0 Å². The zero-order valence-electron chi connectivity index (χ0n) is 15.0. The number of carbonyl (C=O) groups is 2. The maximum absolute atomic E-state index is 12.1. The minimum Gasteiger partial charge on any atom is -0.467 e. The van der Waals surface area contributed by atoms with Crippen LogP contribution in [0.5, 0.6) is 0 Å². The predicted octanol–water partition coefficient (Wildman–Crippen LogP) is 2.55. The Balaban J connectivity index is 2.13. The minimum absolute atomic E-state index is 0.272. The van der Waals surface area contributed by atoms with Gasteiger partial charge in [-0.1, -0.05) is 24.3 Å². The number of carbonyl (C=O) groups excluding carboxylic acids is 2. The van der Waals surface area contributed by atoms with Gasteiger partial charge in [0.1, 0.15) is 11.9 Å². The summed E-state index contributed by atoms with van der Waals surface area (Å²) >= 11 is 0. The number of hydrogen-bond acceptors (Lipinski definition) is 4. The molecule has 6 heteroatoms. The Morgan fingerprint density at radius 3 is 2.58 bits per heavy atom. The van der Waals surface area contributed by atoms with Crippen LogP contribution >= 0.6 is 0 Å². The molecule has 1 N–H and O–H groups in total. The average molecular weight is 351 g/mol. The maximum atomic E-state index is 12.1. The number of hydrogen-bond donors (Lipinski definition) is 1. The van der Waals surface area contributed by atoms with E-state index >= 15 is 0 Å². The first-order valence-corrected chi connectivity index (χ1v) is 8.38. The molecule has 0 saturated carbocycles. The first kappa shape index (κ1) is 17.7. The molecule has 134 valence electrons. The molecule has 0 radical (unpaired) electrons. The molecule has 2 heterocycles. The molecule has 6 nitrogen and oxygen atoms in total. The van der Waals surface area contributed by atoms with Gasteiger partial charge in [-0.25, -0.2) is 9.78 Å². The van der Waals surface area contributed by atoms with Crippen molar-refractivity contribution in [3.05, 3.63) is 59.9 Å². The van der Waals surface area contributed by atoms with Gasteiger partial charge in [0.2, 0.25) is 5.91 Å². The number of aromatic nitrogens is 2. The number of nitrogens with zero attached hydrogens (tertiary/aromatic N) is 2. The van der Waals surface area contributed by atoms with Crippen molar-refractivity contribution in [3.63, 3.8) is 0 Å². The molecule has 0 aliphatic rings. The summed E-state index contributed by atoms with van der Waals surface area (Å²) in [5, 5.41) is 3.70. The van der Waals surface area contributed by atoms with E-state index in [4.69, 9.17) is 4.74 Å². The van der Waals surface area contributed by atoms with Crippen molar-refractivity contribution in [1.82, 2.24) is 14.9 Å². The molecular formula is C20H21N3O3. The summed E-state index contributed by atoms with van der Waals surface area (Å²) in [6.07, 6.45) is 2.09. The van der Waals surface area contributed by atoms with E-state index in [-0.39, 0.29) is 5.91 Å². The fourth-order valence-corrected chi connectivity index (χ4v) is 3.26. The summed E-state index contributed by atoms with van der Waals surface area (Å²) in [5.41, 5.74) is 2.96. The maximum Gasteiger partial charge on any atom is 0.328 e. The Hall–Kier alpha value is -3.15. The molecule has 0 saturated heterocycles. The highest BCUT2D eigenvalue weighted by molar-refractivity contribution is 5.89. The van der Waals surface area contributed by atoms with Gasteiger partial charge in [0.25, 0.3) is 0 Å². The molecule has 1 amide bonds. The lowest BCUT2D eigenvalue weighted by atomic mass is 10.0. The van der Waals surface area contributed by atoms with Crippen molar-refractivity contribution in [3.8, 4) is 5.82 Å². The van der Waals surface area contributed by atoms with E-state index in [1.54, 1.807) is 6.20 Å². The first-order valence-electron chi connectivity index (χ1n) is 8.38. The molecule has 0 fully saturated rings. The molecule has 1 atom stereocenters. The normalized spacial score (nSPS) is 12.0. The molecule has 0 spiro atoms. The lowest BCUT2D eigenvalue weighted by Gasteiger charge is -2.16. The second kappa shape index (κ2) is 7.39. The van der Waals surface area contributed by atoms with E-state index in [0.29, 0.717) is 6.42 Å². The smallest absolute Gasteiger partial charge is 0.328 e. The Kier molecular flexibility index (Phi) is 5.02. The number of nitrogens with one attached hydrogen (secondary N) is 1. The number of esters is 1. The number of methoxy groups -OCH3 is 1. The van der Waals surface area contributed by atoms with Gasteiger partial charge >= 0.3 is 5.97 Å². The highest BCUT2D eigenvalue weighted by Crippen LogP contribution is 2.29. The Morgan fingerprint density at radius 2 is 1.92 bits per heavy atom. The van der Waals surface area contributed by atoms with Crippen LogP contribution in [0.4, 0.5) is 0 Å². The van der Waals surface area contributed by atoms with Crippen LogP contribution in [0.1, 0.15) is 18.2 Å². The molecule has 3 rings (SSSR count). The van der Waals surface area contributed by atoms with Crippen molar-refractivity contribution < 1.29 is 14.3 Å². The third-order valence-electron chi connectivity index (χ3n) is 4.39. The Labute approximate surface area is 151 Å². The molecule has 0 bridgehead atoms. The Morgan fingerprint density at radius 1 is 1.19 bits per heavy atom. The Bertz CT molecular complexity index is 948. The number of rotatable bonds is 5. The van der Waals surface area contributed by atoms with Crippen molar-refractivity contribution in [2.75, 3.05) is 7.11 Å². The van der Waals surface area contributed by atoms with Crippen molar-refractivity contribution in [2.45, 2.75) is 26.3 Å². The summed E-state index contributed by atoms with van der Waals surface area (Å²) in [6.45, 7) is 3.38. The molecule has 2 aromatic heterocycles. The van der Waals surface area contributed by atoms with Crippen LogP contribution in [0.2, 0.25) is 0 Å². The zero-order chi connectivity index (χ0) is 18.7. The summed E-state index contributed by atoms with van der Waals surface area (Å²) in [6, 6.07) is 13.0. The lowest BCUT2D eigenvalue weighted by Crippen LogP contribution is -2.42. The summed E-state index contributed by atoms with van der Waals surface area (Å²) < 4.78 is 6.92. The fourth-order valence-electron chi connectivity index (χ4n) is 3.26. The van der Waals surface area contributed by atoms with Gasteiger partial charge in [0.15, 0.2) is 0 Å². The number of amides is 1. The van der Waals surface area contributed by atoms with Crippen molar-refractivity contribution in [1.29, 1.82) is 0 Å². The molecular weight excluding hydrogens is 330 g/mol. The largest absolute Gasteiger partial charge is 0.467 e. The summed E-state index contributed by atoms with van der Waals surface area (Å²) in [4.78, 5) is 28.1. The summed E-state index contributed by atoms with van der Waals surface area (Å²) in [5.74, 6) is 0.0716. The summed E-state index contributed by atoms with van der Waals surface area (Å²) in [7, 11) is 1.32. The van der Waals surface area contributed by atoms with Crippen molar-refractivity contribution >= 4 is 22.8 Å². The van der Waals surface area contributed by atoms with Gasteiger partial charge in [0.05, 0.1) is 12.6 Å². The van der Waals surface area contributed by atoms with E-state index in [0.717, 1.165) is 28.0 Å². The van der Waals surface area contributed by atoms with Crippen LogP contribution in [0, 0.1) is 6.92 Å². The van der Waals surface area contributed by atoms with Crippen LogP contribution in [0.3, 0.4) is 0 Å². The van der Waals surface area contributed by atoms with Gasteiger partial charge < -0.3 is 10.1 Å². The second-order valence-electron chi connectivity index (χ2n) is 6.08. The third-order valence-corrected chi connectivity index (χ3v) is 4.39. The first-order chi connectivity index (χ1) is 12.5. The van der Waals surface area contributed by atoms with E-state index in [1.807, 2.05) is 49.4 Å². The molecule has 0 unspecified atom stereocenters. The van der Waals surface area contributed by atoms with Crippen molar-refractivity contribution in [2.24, 2.45) is 0 Å². The van der Waals surface area contributed by atoms with E-state index in [1.165, 1.54) is 14.0 Å². The van der Waals surface area contributed by atoms with Gasteiger partial charge in [0, 0.05) is 30.6 Å². The third kappa shape index (κ3) is 3.31. The second-order valence-corrected chi connectivity index (χ2v) is 6.08. The standard InChI is InChI=1S/C20H21N3O3/c1-13-16(12-17(20(25)26-3)22-14(2)24)15-8-4-5-9-18(15)23(13)19-10-6-7-11-21-19/h4-11,17H,12H2,1-3H3,(H,22,24)/t17-/m0/s1. The highest BCUT2D eigenvalue weighted by Gasteiger charge is 2.25. The number of benzene rings is 1. The molecule has 0 aliphatic carbocycles. The SMILES string of the molecule is COC(=O)[C@H](Cc1c(C)n(-c2ccccn2)c2ccccc12)NC(C)=O. The molecule has 0 aliphatic heterocycles. The van der Waals surface area contributed by atoms with Gasteiger partial charge in [-0.2, -0.15) is 0 Å². The highest BCUT2D eigenvalue weighted by atomic mass is 16.5. The predicted molar refractivity (Wildman–Crippen MR) is 99.1 cm³/mol. The fraction of sp³-hybridized carbons (Fsp3) is 0.250. The number of fused-ring (bicyclic) bond motifs is 1. The van der Waals surface area contributed by atoms with Crippen LogP contribution in [0.15, 0.2) is 48.7 Å². The number of para-hydroxylation sites is 1. The zero-order valence-corrected chi connectivity index (χ0v) is 15.0. The monoisotopic (exact) mass is 351 g/mol. The quantitative estimate of drug-likeness (QED) is 0.717. The molecule has 1 aromatic carbocycles. The minimum atomic E-state index is -0.737. The van der Waals surface area contributed by atoms with E-state index in [2.05, 4.69) is 14.9 Å². The van der Waals surface area contributed by atoms with Gasteiger partial charge in [-0.15, -0.1) is 0 Å². The van der Waals surface area contributed by atoms with Crippen LogP contribution < -0.4 is 5.32 Å². The van der Waals surface area contributed by atoms with E-state index in [9.17, 15) is 9.59 Å². The van der Waals surface area contributed by atoms with Crippen LogP contribution in [0.25, 0.3) is 16.7 Å². The van der Waals surface area contributed by atoms with Crippen LogP contribution in [-0.2, 0) is 20.7 Å². The molecule has 26 heavy (non-hydrogen) atoms. The van der Waals surface area contributed by atoms with Crippen LogP contribution in [-0.4, -0.2) is 34.6 Å². The topological polar surface area (TPSA) is 73.2 Å². The average Bonchev–Trinajstić information content (AvgIpc) is 2.92. The lowest BCUT2D eigenvalue weighted by molar-refractivity contribution is -0.144. The molecule has 3 aromatic rings. The van der Waals surface area contributed by atoms with Gasteiger partial charge in [-0.05, 0) is 30.7 Å². The number of ether oxygens (including phenoxy) is 1. The number of pyridine rings is 1.